The van der Waals surface area contributed by atoms with E-state index in [2.05, 4.69) is 5.32 Å². The summed E-state index contributed by atoms with van der Waals surface area (Å²) in [5, 5.41) is 14.7. The van der Waals surface area contributed by atoms with E-state index < -0.39 is 24.4 Å². The van der Waals surface area contributed by atoms with E-state index >= 15 is 0 Å². The highest BCUT2D eigenvalue weighted by atomic mass is 31.2. The van der Waals surface area contributed by atoms with E-state index in [1.54, 1.807) is 39.2 Å². The predicted molar refractivity (Wildman–Crippen MR) is 158 cm³/mol. The molecule has 43 heavy (non-hydrogen) atoms. The molecule has 0 amide bonds. The molecule has 232 valence electrons. The van der Waals surface area contributed by atoms with Crippen molar-refractivity contribution < 1.29 is 42.3 Å². The van der Waals surface area contributed by atoms with Crippen LogP contribution in [0.5, 0.6) is 5.75 Å². The summed E-state index contributed by atoms with van der Waals surface area (Å²) in [6.45, 7) is 3.58. The minimum Gasteiger partial charge on any atom is -0.497 e. The van der Waals surface area contributed by atoms with Gasteiger partial charge in [0.1, 0.15) is 12.4 Å². The van der Waals surface area contributed by atoms with Crippen molar-refractivity contribution in [1.29, 1.82) is 0 Å². The number of nitro benzene ring substituents is 1. The molecule has 1 heterocycles. The van der Waals surface area contributed by atoms with Gasteiger partial charge in [0.05, 0.1) is 35.4 Å². The summed E-state index contributed by atoms with van der Waals surface area (Å²) in [4.78, 5) is 36.5. The summed E-state index contributed by atoms with van der Waals surface area (Å²) in [6.07, 6.45) is 1.89. The van der Waals surface area contributed by atoms with Crippen LogP contribution in [0.2, 0.25) is 0 Å². The molecule has 0 saturated carbocycles. The summed E-state index contributed by atoms with van der Waals surface area (Å²) in [7, 11) is 0.138. The first-order chi connectivity index (χ1) is 20.5. The number of esters is 2. The zero-order valence-electron chi connectivity index (χ0n) is 24.9. The maximum absolute atomic E-state index is 13.6. The van der Waals surface area contributed by atoms with Crippen LogP contribution in [0.15, 0.2) is 70.8 Å². The van der Waals surface area contributed by atoms with E-state index in [1.165, 1.54) is 32.4 Å². The maximum atomic E-state index is 13.6. The molecular weight excluding hydrogens is 579 g/mol. The van der Waals surface area contributed by atoms with Gasteiger partial charge >= 0.3 is 19.5 Å². The summed E-state index contributed by atoms with van der Waals surface area (Å²) >= 11 is 0. The lowest BCUT2D eigenvalue weighted by Gasteiger charge is -2.33. The summed E-state index contributed by atoms with van der Waals surface area (Å²) in [5.74, 6) is -1.26. The van der Waals surface area contributed by atoms with Crippen LogP contribution in [0.25, 0.3) is 0 Å². The molecule has 0 bridgehead atoms. The van der Waals surface area contributed by atoms with Crippen molar-refractivity contribution >= 4 is 25.2 Å². The Balaban J connectivity index is 1.63. The van der Waals surface area contributed by atoms with Crippen LogP contribution in [-0.2, 0) is 39.3 Å². The predicted octanol–water partition coefficient (Wildman–Crippen LogP) is 6.13. The molecule has 0 saturated heterocycles. The molecule has 0 aromatic heterocycles. The van der Waals surface area contributed by atoms with Gasteiger partial charge in [-0.3, -0.25) is 19.5 Å². The second kappa shape index (κ2) is 15.5. The van der Waals surface area contributed by atoms with Gasteiger partial charge in [0.15, 0.2) is 0 Å². The maximum Gasteiger partial charge on any atom is 0.359 e. The standard InChI is InChI=1S/C30H37N2O10P/c1-20-27(30(34)41-17-8-6-7-12-26(33)42-19-22-13-15-25(38-3)16-14-22)28(23-10-9-11-24(18-23)32(35)36)29(21(2)31-20)43(37,39-4)40-5/h9-11,13-16,18,28,31H,6-8,12,17,19H2,1-5H3. The first-order valence-electron chi connectivity index (χ1n) is 13.6. The molecule has 13 heteroatoms. The molecule has 2 aromatic carbocycles. The average Bonchev–Trinajstić information content (AvgIpc) is 3.01. The number of hydrogen-bond donors (Lipinski definition) is 1. The molecule has 0 spiro atoms. The van der Waals surface area contributed by atoms with Gasteiger partial charge in [0.2, 0.25) is 0 Å². The lowest BCUT2D eigenvalue weighted by Crippen LogP contribution is -2.29. The zero-order chi connectivity index (χ0) is 31.6. The number of nitrogens with one attached hydrogen (secondary N) is 1. The number of dihydropyridines is 1. The number of unbranched alkanes of at least 4 members (excludes halogenated alkanes) is 2. The Labute approximate surface area is 250 Å². The van der Waals surface area contributed by atoms with Crippen molar-refractivity contribution in [3.8, 4) is 5.75 Å². The topological polar surface area (TPSA) is 153 Å². The summed E-state index contributed by atoms with van der Waals surface area (Å²) in [5.41, 5.74) is 2.05. The monoisotopic (exact) mass is 616 g/mol. The molecule has 3 rings (SSSR count). The number of carbonyl (C=O) groups is 2. The van der Waals surface area contributed by atoms with E-state index in [0.29, 0.717) is 36.2 Å². The van der Waals surface area contributed by atoms with Gasteiger partial charge < -0.3 is 28.6 Å². The fourth-order valence-corrected chi connectivity index (χ4v) is 6.38. The van der Waals surface area contributed by atoms with Gasteiger partial charge in [-0.05, 0) is 56.4 Å². The largest absolute Gasteiger partial charge is 0.497 e. The average molecular weight is 617 g/mol. The van der Waals surface area contributed by atoms with Gasteiger partial charge in [-0.25, -0.2) is 4.79 Å². The number of allylic oxidation sites excluding steroid dienone is 3. The van der Waals surface area contributed by atoms with Crippen molar-refractivity contribution in [3.63, 3.8) is 0 Å². The van der Waals surface area contributed by atoms with E-state index in [4.69, 9.17) is 23.3 Å². The molecule has 1 aliphatic rings. The number of hydrogen-bond acceptors (Lipinski definition) is 11. The Morgan fingerprint density at radius 2 is 1.65 bits per heavy atom. The molecular formula is C30H37N2O10P. The van der Waals surface area contributed by atoms with Crippen LogP contribution in [0, 0.1) is 10.1 Å². The minimum atomic E-state index is -3.90. The Morgan fingerprint density at radius 3 is 2.28 bits per heavy atom. The normalized spacial score (nSPS) is 15.1. The van der Waals surface area contributed by atoms with E-state index in [-0.39, 0.29) is 42.2 Å². The molecule has 0 fully saturated rings. The minimum absolute atomic E-state index is 0.0718. The van der Waals surface area contributed by atoms with Gasteiger partial charge in [0.25, 0.3) is 5.69 Å². The molecule has 1 unspecified atom stereocenters. The van der Waals surface area contributed by atoms with E-state index in [0.717, 1.165) is 11.3 Å². The van der Waals surface area contributed by atoms with Crippen LogP contribution in [0.4, 0.5) is 5.69 Å². The van der Waals surface area contributed by atoms with Crippen molar-refractivity contribution in [3.05, 3.63) is 92.1 Å². The van der Waals surface area contributed by atoms with Crippen molar-refractivity contribution in [1.82, 2.24) is 5.32 Å². The van der Waals surface area contributed by atoms with Crippen LogP contribution < -0.4 is 10.1 Å². The number of non-ortho nitro benzene ring substituents is 1. The Bertz CT molecular complexity index is 1430. The van der Waals surface area contributed by atoms with Gasteiger partial charge in [-0.15, -0.1) is 0 Å². The van der Waals surface area contributed by atoms with Crippen molar-refractivity contribution in [2.45, 2.75) is 52.1 Å². The molecule has 0 aliphatic carbocycles. The number of carbonyl (C=O) groups excluding carboxylic acids is 2. The Hall–Kier alpha value is -3.99. The van der Waals surface area contributed by atoms with Gasteiger partial charge in [-0.2, -0.15) is 0 Å². The molecule has 0 radical (unpaired) electrons. The second-order valence-corrected chi connectivity index (χ2v) is 12.0. The molecule has 1 aliphatic heterocycles. The highest BCUT2D eigenvalue weighted by Crippen LogP contribution is 2.63. The third kappa shape index (κ3) is 8.53. The molecule has 1 atom stereocenters. The highest BCUT2D eigenvalue weighted by molar-refractivity contribution is 7.58. The lowest BCUT2D eigenvalue weighted by atomic mass is 9.86. The zero-order valence-corrected chi connectivity index (χ0v) is 25.8. The third-order valence-electron chi connectivity index (χ3n) is 6.95. The fourth-order valence-electron chi connectivity index (χ4n) is 4.78. The van der Waals surface area contributed by atoms with Gasteiger partial charge in [0, 0.05) is 44.2 Å². The SMILES string of the molecule is COc1ccc(COC(=O)CCCCCOC(=O)C2=C(C)NC(C)=C(P(=O)(OC)OC)C2c2cccc([N+](=O)[O-])c2)cc1. The van der Waals surface area contributed by atoms with E-state index in [9.17, 15) is 24.3 Å². The van der Waals surface area contributed by atoms with Crippen LogP contribution in [-0.4, -0.2) is 44.8 Å². The highest BCUT2D eigenvalue weighted by Gasteiger charge is 2.44. The number of nitro groups is 1. The van der Waals surface area contributed by atoms with Crippen LogP contribution in [0.3, 0.4) is 0 Å². The summed E-state index contributed by atoms with van der Waals surface area (Å²) < 4.78 is 40.2. The summed E-state index contributed by atoms with van der Waals surface area (Å²) in [6, 6.07) is 13.0. The van der Waals surface area contributed by atoms with Crippen LogP contribution >= 0.6 is 7.60 Å². The fraction of sp³-hybridized carbons (Fsp3) is 0.400. The first kappa shape index (κ1) is 33.5. The number of benzene rings is 2. The number of ether oxygens (including phenoxy) is 3. The molecule has 12 nitrogen and oxygen atoms in total. The lowest BCUT2D eigenvalue weighted by molar-refractivity contribution is -0.384. The van der Waals surface area contributed by atoms with Gasteiger partial charge in [-0.1, -0.05) is 24.3 Å². The smallest absolute Gasteiger partial charge is 0.359 e. The Morgan fingerprint density at radius 1 is 0.953 bits per heavy atom. The first-order valence-corrected chi connectivity index (χ1v) is 15.2. The van der Waals surface area contributed by atoms with E-state index in [1.807, 2.05) is 12.1 Å². The third-order valence-corrected chi connectivity index (χ3v) is 9.10. The Kier molecular flexibility index (Phi) is 12.1. The quantitative estimate of drug-likeness (QED) is 0.0808. The van der Waals surface area contributed by atoms with Crippen molar-refractivity contribution in [2.75, 3.05) is 27.9 Å². The number of rotatable bonds is 15. The molecule has 1 N–H and O–H groups in total. The molecule has 2 aromatic rings. The number of methoxy groups -OCH3 is 1. The number of nitrogens with zero attached hydrogens (tertiary/aromatic N) is 1. The second-order valence-electron chi connectivity index (χ2n) is 9.78. The van der Waals surface area contributed by atoms with Crippen molar-refractivity contribution in [2.24, 2.45) is 0 Å². The van der Waals surface area contributed by atoms with Crippen LogP contribution in [0.1, 0.15) is 56.6 Å².